The molecule has 7 nitrogen and oxygen atoms in total. The van der Waals surface area contributed by atoms with E-state index >= 15 is 0 Å². The highest BCUT2D eigenvalue weighted by molar-refractivity contribution is 7.15. The minimum absolute atomic E-state index is 0.214. The van der Waals surface area contributed by atoms with Crippen LogP contribution in [0.1, 0.15) is 39.7 Å². The van der Waals surface area contributed by atoms with E-state index < -0.39 is 11.7 Å². The summed E-state index contributed by atoms with van der Waals surface area (Å²) in [5.74, 6) is 0.619. The lowest BCUT2D eigenvalue weighted by Crippen LogP contribution is -2.33. The zero-order valence-corrected chi connectivity index (χ0v) is 16.8. The molecule has 1 atom stereocenters. The minimum atomic E-state index is -4.37. The molecule has 0 radical (unpaired) electrons. The Labute approximate surface area is 174 Å². The molecule has 0 saturated heterocycles. The number of imidazole rings is 1. The van der Waals surface area contributed by atoms with E-state index in [2.05, 4.69) is 25.9 Å². The second-order valence-electron chi connectivity index (χ2n) is 6.85. The average Bonchev–Trinajstić information content (AvgIpc) is 3.35. The number of nitrogens with one attached hydrogen (secondary N) is 3. The highest BCUT2D eigenvalue weighted by atomic mass is 32.1. The van der Waals surface area contributed by atoms with Crippen LogP contribution in [0.15, 0.2) is 36.7 Å². The molecule has 0 fully saturated rings. The summed E-state index contributed by atoms with van der Waals surface area (Å²) in [4.78, 5) is 22.0. The maximum Gasteiger partial charge on any atom is 0.416 e. The summed E-state index contributed by atoms with van der Waals surface area (Å²) in [6.45, 7) is 3.96. The summed E-state index contributed by atoms with van der Waals surface area (Å²) < 4.78 is 39.9. The number of hydrogen-bond donors (Lipinski definition) is 3. The molecule has 1 amide bonds. The van der Waals surface area contributed by atoms with Crippen LogP contribution < -0.4 is 16.0 Å². The van der Waals surface area contributed by atoms with Gasteiger partial charge in [-0.1, -0.05) is 11.3 Å². The monoisotopic (exact) mass is 436 g/mol. The molecule has 1 aromatic carbocycles. The second-order valence-corrected chi connectivity index (χ2v) is 7.91. The van der Waals surface area contributed by atoms with Crippen LogP contribution in [-0.2, 0) is 19.3 Å². The smallest absolute Gasteiger partial charge is 0.343 e. The Morgan fingerprint density at radius 1 is 1.23 bits per heavy atom. The van der Waals surface area contributed by atoms with E-state index in [1.807, 2.05) is 11.5 Å². The molecule has 0 aliphatic carbocycles. The molecule has 158 valence electrons. The molecule has 3 N–H and O–H groups in total. The third kappa shape index (κ3) is 4.31. The standard InChI is InChI=1S/C19H19F3N6OS/c1-11(26-17(29)14-8-24-16-10-23-6-7-28(14)16)15-9-25-18(30-15)27-13-4-2-12(3-5-13)19(20,21)22/h2-5,8-9,11,23H,6-7,10H2,1H3,(H,25,27)(H,26,29). The fourth-order valence-electron chi connectivity index (χ4n) is 3.13. The maximum absolute atomic E-state index is 12.7. The van der Waals surface area contributed by atoms with Crippen molar-refractivity contribution in [3.05, 3.63) is 58.6 Å². The molecule has 3 heterocycles. The third-order valence-corrected chi connectivity index (χ3v) is 5.82. The lowest BCUT2D eigenvalue weighted by Gasteiger charge is -2.18. The number of thiazole rings is 1. The Kier molecular flexibility index (Phi) is 5.48. The molecular formula is C19H19F3N6OS. The summed E-state index contributed by atoms with van der Waals surface area (Å²) >= 11 is 1.32. The number of rotatable bonds is 5. The van der Waals surface area contributed by atoms with Crippen molar-refractivity contribution < 1.29 is 18.0 Å². The van der Waals surface area contributed by atoms with Gasteiger partial charge in [-0.05, 0) is 31.2 Å². The van der Waals surface area contributed by atoms with Gasteiger partial charge >= 0.3 is 6.18 Å². The molecule has 1 aliphatic rings. The number of halogens is 3. The lowest BCUT2D eigenvalue weighted by atomic mass is 10.2. The van der Waals surface area contributed by atoms with Crippen molar-refractivity contribution in [1.82, 2.24) is 25.2 Å². The van der Waals surface area contributed by atoms with E-state index in [-0.39, 0.29) is 11.9 Å². The minimum Gasteiger partial charge on any atom is -0.343 e. The van der Waals surface area contributed by atoms with Crippen LogP contribution in [0.3, 0.4) is 0 Å². The van der Waals surface area contributed by atoms with Crippen LogP contribution in [-0.4, -0.2) is 27.0 Å². The predicted molar refractivity (Wildman–Crippen MR) is 107 cm³/mol. The van der Waals surface area contributed by atoms with Gasteiger partial charge in [-0.25, -0.2) is 9.97 Å². The van der Waals surface area contributed by atoms with Crippen LogP contribution in [0.2, 0.25) is 0 Å². The number of fused-ring (bicyclic) bond motifs is 1. The van der Waals surface area contributed by atoms with Crippen LogP contribution >= 0.6 is 11.3 Å². The fourth-order valence-corrected chi connectivity index (χ4v) is 3.97. The SMILES string of the molecule is CC(NC(=O)c1cnc2n1CCNC2)c1cnc(Nc2ccc(C(F)(F)F)cc2)s1. The van der Waals surface area contributed by atoms with E-state index in [0.717, 1.165) is 29.4 Å². The Hall–Kier alpha value is -2.92. The Morgan fingerprint density at radius 3 is 2.73 bits per heavy atom. The first-order chi connectivity index (χ1) is 14.3. The van der Waals surface area contributed by atoms with Gasteiger partial charge in [0.15, 0.2) is 5.13 Å². The lowest BCUT2D eigenvalue weighted by molar-refractivity contribution is -0.137. The predicted octanol–water partition coefficient (Wildman–Crippen LogP) is 3.70. The van der Waals surface area contributed by atoms with Crippen molar-refractivity contribution in [3.63, 3.8) is 0 Å². The number of carbonyl (C=O) groups is 1. The third-order valence-electron chi connectivity index (χ3n) is 4.73. The molecule has 4 rings (SSSR count). The van der Waals surface area contributed by atoms with E-state index in [1.165, 1.54) is 23.5 Å². The molecule has 1 aliphatic heterocycles. The van der Waals surface area contributed by atoms with Gasteiger partial charge in [-0.2, -0.15) is 13.2 Å². The Morgan fingerprint density at radius 2 is 2.00 bits per heavy atom. The first-order valence-corrected chi connectivity index (χ1v) is 10.1. The number of anilines is 2. The second kappa shape index (κ2) is 8.07. The van der Waals surface area contributed by atoms with Crippen LogP contribution in [0, 0.1) is 0 Å². The van der Waals surface area contributed by atoms with Gasteiger partial charge in [0.2, 0.25) is 0 Å². The first-order valence-electron chi connectivity index (χ1n) is 9.27. The topological polar surface area (TPSA) is 83.9 Å². The van der Waals surface area contributed by atoms with Crippen LogP contribution in [0.5, 0.6) is 0 Å². The zero-order chi connectivity index (χ0) is 21.3. The van der Waals surface area contributed by atoms with E-state index in [0.29, 0.717) is 29.6 Å². The fraction of sp³-hybridized carbons (Fsp3) is 0.316. The molecule has 1 unspecified atom stereocenters. The number of amides is 1. The molecule has 0 saturated carbocycles. The number of carbonyl (C=O) groups excluding carboxylic acids is 1. The molecule has 2 aromatic heterocycles. The van der Waals surface area contributed by atoms with Crippen LogP contribution in [0.25, 0.3) is 0 Å². The number of hydrogen-bond acceptors (Lipinski definition) is 6. The molecule has 11 heteroatoms. The van der Waals surface area contributed by atoms with Gasteiger partial charge in [0, 0.05) is 29.9 Å². The maximum atomic E-state index is 12.7. The summed E-state index contributed by atoms with van der Waals surface area (Å²) in [6, 6.07) is 4.45. The van der Waals surface area contributed by atoms with Gasteiger partial charge in [0.1, 0.15) is 11.5 Å². The van der Waals surface area contributed by atoms with Gasteiger partial charge in [-0.3, -0.25) is 4.79 Å². The Balaban J connectivity index is 1.40. The summed E-state index contributed by atoms with van der Waals surface area (Å²) in [5, 5.41) is 9.67. The van der Waals surface area contributed by atoms with E-state index in [1.54, 1.807) is 12.4 Å². The highest BCUT2D eigenvalue weighted by Crippen LogP contribution is 2.31. The number of alkyl halides is 3. The van der Waals surface area contributed by atoms with Gasteiger partial charge < -0.3 is 20.5 Å². The van der Waals surface area contributed by atoms with E-state index in [9.17, 15) is 18.0 Å². The van der Waals surface area contributed by atoms with E-state index in [4.69, 9.17) is 0 Å². The van der Waals surface area contributed by atoms with Crippen LogP contribution in [0.4, 0.5) is 24.0 Å². The normalized spacial score (nSPS) is 14.8. The number of nitrogens with zero attached hydrogens (tertiary/aromatic N) is 3. The van der Waals surface area contributed by atoms with Crippen molar-refractivity contribution >= 4 is 28.1 Å². The highest BCUT2D eigenvalue weighted by Gasteiger charge is 2.30. The van der Waals surface area contributed by atoms with Crippen molar-refractivity contribution in [2.24, 2.45) is 0 Å². The average molecular weight is 436 g/mol. The van der Waals surface area contributed by atoms with Crippen molar-refractivity contribution in [1.29, 1.82) is 0 Å². The van der Waals surface area contributed by atoms with Gasteiger partial charge in [0.05, 0.1) is 24.3 Å². The zero-order valence-electron chi connectivity index (χ0n) is 16.0. The Bertz CT molecular complexity index is 1040. The van der Waals surface area contributed by atoms with Crippen molar-refractivity contribution in [2.75, 3.05) is 11.9 Å². The van der Waals surface area contributed by atoms with Gasteiger partial charge in [0.25, 0.3) is 5.91 Å². The first kappa shape index (κ1) is 20.4. The molecular weight excluding hydrogens is 417 g/mol. The quantitative estimate of drug-likeness (QED) is 0.568. The number of benzene rings is 1. The largest absolute Gasteiger partial charge is 0.416 e. The van der Waals surface area contributed by atoms with Crippen molar-refractivity contribution in [3.8, 4) is 0 Å². The van der Waals surface area contributed by atoms with Crippen molar-refractivity contribution in [2.45, 2.75) is 32.2 Å². The van der Waals surface area contributed by atoms with Gasteiger partial charge in [-0.15, -0.1) is 0 Å². The molecule has 30 heavy (non-hydrogen) atoms. The molecule has 0 spiro atoms. The summed E-state index contributed by atoms with van der Waals surface area (Å²) in [7, 11) is 0. The number of aromatic nitrogens is 3. The summed E-state index contributed by atoms with van der Waals surface area (Å²) in [6.07, 6.45) is -1.15. The summed E-state index contributed by atoms with van der Waals surface area (Å²) in [5.41, 5.74) is 0.313. The molecule has 3 aromatic rings. The molecule has 0 bridgehead atoms.